The summed E-state index contributed by atoms with van der Waals surface area (Å²) in [7, 11) is 0. The molecule has 1 aliphatic carbocycles. The predicted octanol–water partition coefficient (Wildman–Crippen LogP) is 4.43. The van der Waals surface area contributed by atoms with Gasteiger partial charge in [0.1, 0.15) is 11.6 Å². The molecule has 3 heterocycles. The minimum absolute atomic E-state index is 0.221. The van der Waals surface area contributed by atoms with Crippen LogP contribution in [0.4, 0.5) is 10.3 Å². The Labute approximate surface area is 217 Å². The molecule has 0 radical (unpaired) electrons. The molecule has 4 aromatic rings. The van der Waals surface area contributed by atoms with Gasteiger partial charge in [0.2, 0.25) is 5.95 Å². The number of pyridine rings is 1. The second-order valence-electron chi connectivity index (χ2n) is 9.50. The molecule has 3 N–H and O–H groups in total. The van der Waals surface area contributed by atoms with Crippen molar-refractivity contribution >= 4 is 28.1 Å². The van der Waals surface area contributed by atoms with Gasteiger partial charge < -0.3 is 14.9 Å². The standard InChI is InChI=1S/C26H30FN7O2S/c1-16(17-2-4-18(5-3-17)21-8-9-28-23-7-6-20(27)12-22(21)23)25-30-15-24(34-25)19-13-31-26(32-14-19)29-10-11-33-37(35)36/h6-9,12-18,33H,2-5,10-11H2,1H3,(H,30,34)(H,35,36)(H,29,31,32)/p-1. The molecule has 11 heteroatoms. The third kappa shape index (κ3) is 6.00. The molecule has 0 aliphatic heterocycles. The molecule has 3 aromatic heterocycles. The zero-order chi connectivity index (χ0) is 25.8. The van der Waals surface area contributed by atoms with E-state index < -0.39 is 11.3 Å². The van der Waals surface area contributed by atoms with Crippen molar-refractivity contribution in [3.05, 3.63) is 66.3 Å². The smallest absolute Gasteiger partial charge is 0.222 e. The van der Waals surface area contributed by atoms with E-state index in [0.29, 0.717) is 24.3 Å². The SMILES string of the molecule is CC(c1ncc(-c2cnc(NCCNS(=O)[O-])nc2)[nH]1)C1CCC(c2ccnc3ccc(F)cc23)CC1. The van der Waals surface area contributed by atoms with E-state index in [1.807, 2.05) is 18.5 Å². The molecule has 0 amide bonds. The van der Waals surface area contributed by atoms with Crippen molar-refractivity contribution in [1.29, 1.82) is 0 Å². The summed E-state index contributed by atoms with van der Waals surface area (Å²) in [5, 5.41) is 3.89. The Morgan fingerprint density at radius 1 is 1.08 bits per heavy atom. The number of anilines is 1. The average Bonchev–Trinajstić information content (AvgIpc) is 3.41. The number of rotatable bonds is 9. The highest BCUT2D eigenvalue weighted by Crippen LogP contribution is 2.42. The molecular formula is C26H29FN7O2S-. The van der Waals surface area contributed by atoms with Crippen molar-refractivity contribution in [1.82, 2.24) is 29.6 Å². The lowest BCUT2D eigenvalue weighted by Gasteiger charge is -2.32. The number of aromatic nitrogens is 5. The molecule has 2 unspecified atom stereocenters. The van der Waals surface area contributed by atoms with E-state index in [1.165, 1.54) is 11.6 Å². The second-order valence-corrected chi connectivity index (χ2v) is 10.3. The first kappa shape index (κ1) is 25.4. The van der Waals surface area contributed by atoms with Crippen LogP contribution in [-0.2, 0) is 11.3 Å². The Bertz CT molecular complexity index is 1370. The van der Waals surface area contributed by atoms with E-state index in [9.17, 15) is 13.2 Å². The van der Waals surface area contributed by atoms with Crippen LogP contribution in [0.25, 0.3) is 22.2 Å². The molecule has 1 aliphatic rings. The van der Waals surface area contributed by atoms with Crippen molar-refractivity contribution in [2.75, 3.05) is 18.4 Å². The number of halogens is 1. The third-order valence-corrected chi connectivity index (χ3v) is 7.71. The van der Waals surface area contributed by atoms with Gasteiger partial charge in [0.05, 0.1) is 17.4 Å². The Balaban J connectivity index is 1.19. The van der Waals surface area contributed by atoms with Gasteiger partial charge in [-0.15, -0.1) is 0 Å². The summed E-state index contributed by atoms with van der Waals surface area (Å²) >= 11 is -2.28. The molecule has 2 atom stereocenters. The fourth-order valence-electron chi connectivity index (χ4n) is 5.23. The summed E-state index contributed by atoms with van der Waals surface area (Å²) in [5.41, 5.74) is 3.73. The predicted molar refractivity (Wildman–Crippen MR) is 140 cm³/mol. The van der Waals surface area contributed by atoms with Crippen LogP contribution in [-0.4, -0.2) is 46.8 Å². The summed E-state index contributed by atoms with van der Waals surface area (Å²) in [6, 6.07) is 6.88. The van der Waals surface area contributed by atoms with Crippen LogP contribution in [0.1, 0.15) is 55.8 Å². The van der Waals surface area contributed by atoms with Gasteiger partial charge in [0, 0.05) is 59.8 Å². The fraction of sp³-hybridized carbons (Fsp3) is 0.385. The minimum Gasteiger partial charge on any atom is -0.760 e. The van der Waals surface area contributed by atoms with Crippen LogP contribution in [0, 0.1) is 11.7 Å². The van der Waals surface area contributed by atoms with Crippen LogP contribution in [0.5, 0.6) is 0 Å². The number of nitrogens with zero attached hydrogens (tertiary/aromatic N) is 4. The van der Waals surface area contributed by atoms with Crippen LogP contribution in [0.15, 0.2) is 49.1 Å². The molecule has 37 heavy (non-hydrogen) atoms. The number of hydrogen-bond acceptors (Lipinski definition) is 7. The number of nitrogens with one attached hydrogen (secondary N) is 3. The third-order valence-electron chi connectivity index (χ3n) is 7.27. The molecule has 9 nitrogen and oxygen atoms in total. The molecule has 5 rings (SSSR count). The zero-order valence-corrected chi connectivity index (χ0v) is 21.3. The normalized spacial score (nSPS) is 19.5. The summed E-state index contributed by atoms with van der Waals surface area (Å²) in [6.45, 7) is 2.86. The first-order chi connectivity index (χ1) is 18.0. The van der Waals surface area contributed by atoms with E-state index in [-0.39, 0.29) is 18.3 Å². The van der Waals surface area contributed by atoms with Gasteiger partial charge in [-0.2, -0.15) is 0 Å². The second kappa shape index (κ2) is 11.4. The van der Waals surface area contributed by atoms with Crippen molar-refractivity contribution < 1.29 is 13.2 Å². The van der Waals surface area contributed by atoms with Crippen molar-refractivity contribution in [2.24, 2.45) is 5.92 Å². The van der Waals surface area contributed by atoms with E-state index in [0.717, 1.165) is 53.7 Å². The quantitative estimate of drug-likeness (QED) is 0.219. The van der Waals surface area contributed by atoms with E-state index in [1.54, 1.807) is 24.5 Å². The highest BCUT2D eigenvalue weighted by Gasteiger charge is 2.29. The Morgan fingerprint density at radius 3 is 2.62 bits per heavy atom. The lowest BCUT2D eigenvalue weighted by molar-refractivity contribution is 0.286. The van der Waals surface area contributed by atoms with Crippen LogP contribution < -0.4 is 10.0 Å². The first-order valence-electron chi connectivity index (χ1n) is 12.5. The van der Waals surface area contributed by atoms with Gasteiger partial charge in [0.25, 0.3) is 0 Å². The Kier molecular flexibility index (Phi) is 7.82. The Hall–Kier alpha value is -3.28. The minimum atomic E-state index is -2.28. The fourth-order valence-corrected chi connectivity index (χ4v) is 5.50. The number of aromatic amines is 1. The summed E-state index contributed by atoms with van der Waals surface area (Å²) in [6.07, 6.45) is 11.3. The van der Waals surface area contributed by atoms with E-state index >= 15 is 0 Å². The lowest BCUT2D eigenvalue weighted by Crippen LogP contribution is -2.24. The van der Waals surface area contributed by atoms with Gasteiger partial charge >= 0.3 is 0 Å². The van der Waals surface area contributed by atoms with Gasteiger partial charge in [-0.3, -0.25) is 9.19 Å². The molecule has 1 fully saturated rings. The largest absolute Gasteiger partial charge is 0.760 e. The monoisotopic (exact) mass is 522 g/mol. The van der Waals surface area contributed by atoms with Gasteiger partial charge in [-0.1, -0.05) is 6.92 Å². The van der Waals surface area contributed by atoms with Crippen LogP contribution in [0.3, 0.4) is 0 Å². The maximum atomic E-state index is 13.9. The molecule has 1 aromatic carbocycles. The van der Waals surface area contributed by atoms with Gasteiger partial charge in [-0.05, 0) is 67.3 Å². The number of H-pyrrole nitrogens is 1. The zero-order valence-electron chi connectivity index (χ0n) is 20.5. The molecule has 0 bridgehead atoms. The van der Waals surface area contributed by atoms with Crippen molar-refractivity contribution in [3.8, 4) is 11.3 Å². The highest BCUT2D eigenvalue weighted by atomic mass is 32.2. The maximum absolute atomic E-state index is 13.9. The molecular weight excluding hydrogens is 493 g/mol. The Morgan fingerprint density at radius 2 is 1.86 bits per heavy atom. The van der Waals surface area contributed by atoms with Crippen molar-refractivity contribution in [2.45, 2.75) is 44.4 Å². The van der Waals surface area contributed by atoms with Crippen LogP contribution in [0.2, 0.25) is 0 Å². The van der Waals surface area contributed by atoms with E-state index in [2.05, 4.69) is 41.9 Å². The maximum Gasteiger partial charge on any atom is 0.222 e. The molecule has 1 saturated carbocycles. The van der Waals surface area contributed by atoms with Gasteiger partial charge in [-0.25, -0.2) is 24.1 Å². The number of fused-ring (bicyclic) bond motifs is 1. The molecule has 194 valence electrons. The van der Waals surface area contributed by atoms with Gasteiger partial charge in [0.15, 0.2) is 0 Å². The van der Waals surface area contributed by atoms with Crippen molar-refractivity contribution in [3.63, 3.8) is 0 Å². The van der Waals surface area contributed by atoms with E-state index in [4.69, 9.17) is 0 Å². The first-order valence-corrected chi connectivity index (χ1v) is 13.5. The molecule has 0 saturated heterocycles. The molecule has 0 spiro atoms. The number of benzene rings is 1. The summed E-state index contributed by atoms with van der Waals surface area (Å²) < 4.78 is 37.2. The summed E-state index contributed by atoms with van der Waals surface area (Å²) in [4.78, 5) is 21.1. The number of imidazole rings is 1. The average molecular weight is 523 g/mol. The topological polar surface area (TPSA) is 132 Å². The summed E-state index contributed by atoms with van der Waals surface area (Å²) in [5.74, 6) is 2.36. The highest BCUT2D eigenvalue weighted by molar-refractivity contribution is 7.77. The van der Waals surface area contributed by atoms with Crippen LogP contribution >= 0.6 is 0 Å². The number of hydrogen-bond donors (Lipinski definition) is 3. The lowest BCUT2D eigenvalue weighted by atomic mass is 9.73.